The smallest absolute Gasteiger partial charge is 0.222 e. The molecule has 0 radical (unpaired) electrons. The Labute approximate surface area is 122 Å². The lowest BCUT2D eigenvalue weighted by molar-refractivity contribution is 0.195. The summed E-state index contributed by atoms with van der Waals surface area (Å²) in [6, 6.07) is 0. The SMILES string of the molecule is CCCCCCC(C)Oc1ncnc(NN)c1C(C)C. The highest BCUT2D eigenvalue weighted by atomic mass is 16.5. The molecule has 0 aliphatic heterocycles. The van der Waals surface area contributed by atoms with Gasteiger partial charge in [-0.05, 0) is 25.7 Å². The van der Waals surface area contributed by atoms with Gasteiger partial charge in [0.2, 0.25) is 5.88 Å². The Bertz CT molecular complexity index is 395. The molecule has 1 heterocycles. The molecule has 0 fully saturated rings. The van der Waals surface area contributed by atoms with Crippen molar-refractivity contribution in [2.45, 2.75) is 71.8 Å². The highest BCUT2D eigenvalue weighted by Crippen LogP contribution is 2.30. The van der Waals surface area contributed by atoms with Crippen LogP contribution < -0.4 is 16.0 Å². The van der Waals surface area contributed by atoms with Crippen LogP contribution in [0.1, 0.15) is 71.3 Å². The molecule has 5 nitrogen and oxygen atoms in total. The first kappa shape index (κ1) is 16.7. The maximum Gasteiger partial charge on any atom is 0.222 e. The second kappa shape index (κ2) is 8.74. The van der Waals surface area contributed by atoms with Gasteiger partial charge < -0.3 is 10.2 Å². The Morgan fingerprint density at radius 1 is 1.20 bits per heavy atom. The molecule has 0 spiro atoms. The lowest BCUT2D eigenvalue weighted by Crippen LogP contribution is -2.17. The topological polar surface area (TPSA) is 73.1 Å². The van der Waals surface area contributed by atoms with E-state index < -0.39 is 0 Å². The predicted octanol–water partition coefficient (Wildman–Crippen LogP) is 3.62. The van der Waals surface area contributed by atoms with Crippen LogP contribution in [0.25, 0.3) is 0 Å². The van der Waals surface area contributed by atoms with Crippen LogP contribution in [0.3, 0.4) is 0 Å². The summed E-state index contributed by atoms with van der Waals surface area (Å²) >= 11 is 0. The zero-order chi connectivity index (χ0) is 15.0. The number of rotatable bonds is 9. The lowest BCUT2D eigenvalue weighted by Gasteiger charge is -2.19. The molecular formula is C15H28N4O. The molecule has 114 valence electrons. The molecule has 0 saturated heterocycles. The van der Waals surface area contributed by atoms with E-state index in [9.17, 15) is 0 Å². The summed E-state index contributed by atoms with van der Waals surface area (Å²) in [6.45, 7) is 8.47. The van der Waals surface area contributed by atoms with Gasteiger partial charge in [0.25, 0.3) is 0 Å². The Balaban J connectivity index is 2.66. The summed E-state index contributed by atoms with van der Waals surface area (Å²) in [4.78, 5) is 8.41. The molecule has 0 aromatic carbocycles. The van der Waals surface area contributed by atoms with Crippen LogP contribution in [0.2, 0.25) is 0 Å². The van der Waals surface area contributed by atoms with Crippen molar-refractivity contribution < 1.29 is 4.74 Å². The van der Waals surface area contributed by atoms with Crippen molar-refractivity contribution in [1.82, 2.24) is 9.97 Å². The van der Waals surface area contributed by atoms with Gasteiger partial charge in [0, 0.05) is 0 Å². The van der Waals surface area contributed by atoms with Crippen molar-refractivity contribution in [2.24, 2.45) is 5.84 Å². The van der Waals surface area contributed by atoms with E-state index in [0.29, 0.717) is 11.7 Å². The van der Waals surface area contributed by atoms with Gasteiger partial charge in [-0.25, -0.2) is 15.8 Å². The van der Waals surface area contributed by atoms with Crippen LogP contribution in [-0.2, 0) is 0 Å². The monoisotopic (exact) mass is 280 g/mol. The summed E-state index contributed by atoms with van der Waals surface area (Å²) in [6.07, 6.45) is 7.69. The number of ether oxygens (including phenoxy) is 1. The van der Waals surface area contributed by atoms with Crippen molar-refractivity contribution in [3.63, 3.8) is 0 Å². The number of anilines is 1. The van der Waals surface area contributed by atoms with Gasteiger partial charge in [0.1, 0.15) is 6.33 Å². The predicted molar refractivity (Wildman–Crippen MR) is 82.8 cm³/mol. The third-order valence-electron chi connectivity index (χ3n) is 3.34. The van der Waals surface area contributed by atoms with E-state index in [1.165, 1.54) is 32.0 Å². The zero-order valence-corrected chi connectivity index (χ0v) is 13.1. The molecule has 1 unspecified atom stereocenters. The molecule has 20 heavy (non-hydrogen) atoms. The number of nitrogens with one attached hydrogen (secondary N) is 1. The highest BCUT2D eigenvalue weighted by molar-refractivity contribution is 5.49. The minimum Gasteiger partial charge on any atom is -0.474 e. The number of aromatic nitrogens is 2. The quantitative estimate of drug-likeness (QED) is 0.410. The number of hydrogen-bond acceptors (Lipinski definition) is 5. The second-order valence-corrected chi connectivity index (χ2v) is 5.52. The molecule has 1 aromatic rings. The van der Waals surface area contributed by atoms with Gasteiger partial charge in [-0.3, -0.25) is 0 Å². The Kier molecular flexibility index (Phi) is 7.30. The third kappa shape index (κ3) is 4.96. The van der Waals surface area contributed by atoms with Gasteiger partial charge in [0.05, 0.1) is 11.7 Å². The average molecular weight is 280 g/mol. The molecule has 1 atom stereocenters. The van der Waals surface area contributed by atoms with E-state index in [-0.39, 0.29) is 12.0 Å². The number of nitrogens with zero attached hydrogens (tertiary/aromatic N) is 2. The normalized spacial score (nSPS) is 12.5. The minimum absolute atomic E-state index is 0.157. The number of nitrogens with two attached hydrogens (primary N) is 1. The molecule has 1 rings (SSSR count). The van der Waals surface area contributed by atoms with Crippen LogP contribution in [0, 0.1) is 0 Å². The van der Waals surface area contributed by atoms with E-state index >= 15 is 0 Å². The van der Waals surface area contributed by atoms with E-state index in [4.69, 9.17) is 10.6 Å². The third-order valence-corrected chi connectivity index (χ3v) is 3.34. The van der Waals surface area contributed by atoms with Gasteiger partial charge in [-0.2, -0.15) is 0 Å². The first-order chi connectivity index (χ1) is 9.60. The summed E-state index contributed by atoms with van der Waals surface area (Å²) in [7, 11) is 0. The van der Waals surface area contributed by atoms with Crippen molar-refractivity contribution >= 4 is 5.82 Å². The molecule has 0 aliphatic carbocycles. The fourth-order valence-corrected chi connectivity index (χ4v) is 2.22. The largest absolute Gasteiger partial charge is 0.474 e. The lowest BCUT2D eigenvalue weighted by atomic mass is 10.1. The van der Waals surface area contributed by atoms with E-state index in [2.05, 4.69) is 43.1 Å². The number of unbranched alkanes of at least 4 members (excludes halogenated alkanes) is 3. The summed E-state index contributed by atoms with van der Waals surface area (Å²) < 4.78 is 5.98. The van der Waals surface area contributed by atoms with Crippen LogP contribution >= 0.6 is 0 Å². The van der Waals surface area contributed by atoms with Crippen molar-refractivity contribution in [3.8, 4) is 5.88 Å². The van der Waals surface area contributed by atoms with E-state index in [1.807, 2.05) is 0 Å². The van der Waals surface area contributed by atoms with E-state index in [0.717, 1.165) is 12.0 Å². The molecule has 1 aromatic heterocycles. The molecule has 0 bridgehead atoms. The fourth-order valence-electron chi connectivity index (χ4n) is 2.22. The maximum absolute atomic E-state index is 5.98. The van der Waals surface area contributed by atoms with Crippen LogP contribution in [-0.4, -0.2) is 16.1 Å². The van der Waals surface area contributed by atoms with Crippen molar-refractivity contribution in [3.05, 3.63) is 11.9 Å². The number of nitrogen functional groups attached to an aromatic ring is 1. The summed E-state index contributed by atoms with van der Waals surface area (Å²) in [5.74, 6) is 7.05. The standard InChI is InChI=1S/C15H28N4O/c1-5-6-7-8-9-12(4)20-15-13(11(2)3)14(19-16)17-10-18-15/h10-12H,5-9,16H2,1-4H3,(H,17,18,19). The molecule has 0 amide bonds. The van der Waals surface area contributed by atoms with Gasteiger partial charge in [-0.1, -0.05) is 40.0 Å². The maximum atomic E-state index is 5.98. The first-order valence-electron chi connectivity index (χ1n) is 7.58. The number of hydrazine groups is 1. The van der Waals surface area contributed by atoms with Crippen LogP contribution in [0.15, 0.2) is 6.33 Å². The zero-order valence-electron chi connectivity index (χ0n) is 13.1. The summed E-state index contributed by atoms with van der Waals surface area (Å²) in [5.41, 5.74) is 3.56. The van der Waals surface area contributed by atoms with E-state index in [1.54, 1.807) is 0 Å². The first-order valence-corrected chi connectivity index (χ1v) is 7.58. The van der Waals surface area contributed by atoms with Crippen LogP contribution in [0.4, 0.5) is 5.82 Å². The molecular weight excluding hydrogens is 252 g/mol. The molecule has 0 saturated carbocycles. The molecule has 0 aliphatic rings. The second-order valence-electron chi connectivity index (χ2n) is 5.52. The highest BCUT2D eigenvalue weighted by Gasteiger charge is 2.17. The van der Waals surface area contributed by atoms with Crippen molar-refractivity contribution in [2.75, 3.05) is 5.43 Å². The number of hydrogen-bond donors (Lipinski definition) is 2. The Morgan fingerprint density at radius 3 is 2.55 bits per heavy atom. The molecule has 3 N–H and O–H groups in total. The van der Waals surface area contributed by atoms with Gasteiger partial charge in [0.15, 0.2) is 5.82 Å². The van der Waals surface area contributed by atoms with Crippen molar-refractivity contribution in [1.29, 1.82) is 0 Å². The average Bonchev–Trinajstić information content (AvgIpc) is 2.43. The van der Waals surface area contributed by atoms with Gasteiger partial charge in [-0.15, -0.1) is 0 Å². The minimum atomic E-state index is 0.157. The summed E-state index contributed by atoms with van der Waals surface area (Å²) in [5, 5.41) is 0. The fraction of sp³-hybridized carbons (Fsp3) is 0.733. The Morgan fingerprint density at radius 2 is 1.95 bits per heavy atom. The van der Waals surface area contributed by atoms with Gasteiger partial charge >= 0.3 is 0 Å². The Hall–Kier alpha value is -1.36. The molecule has 5 heteroatoms. The van der Waals surface area contributed by atoms with Crippen LogP contribution in [0.5, 0.6) is 5.88 Å².